The van der Waals surface area contributed by atoms with Gasteiger partial charge >= 0.3 is 5.97 Å². The summed E-state index contributed by atoms with van der Waals surface area (Å²) < 4.78 is 0. The molecule has 0 atom stereocenters. The van der Waals surface area contributed by atoms with Crippen molar-refractivity contribution in [1.82, 2.24) is 5.32 Å². The van der Waals surface area contributed by atoms with Gasteiger partial charge in [-0.15, -0.1) is 0 Å². The van der Waals surface area contributed by atoms with Crippen molar-refractivity contribution in [3.63, 3.8) is 0 Å². The van der Waals surface area contributed by atoms with Gasteiger partial charge in [-0.2, -0.15) is 0 Å². The van der Waals surface area contributed by atoms with Gasteiger partial charge in [0.05, 0.1) is 5.41 Å². The minimum atomic E-state index is -0.874. The zero-order valence-electron chi connectivity index (χ0n) is 11.3. The number of nitrogens with one attached hydrogen (secondary N) is 1. The molecule has 1 amide bonds. The molecule has 1 rings (SSSR count). The first kappa shape index (κ1) is 15.5. The number of aliphatic carboxylic acids is 1. The Morgan fingerprint density at radius 3 is 2.58 bits per heavy atom. The molecule has 0 unspecified atom stereocenters. The number of hydrogen-bond donors (Lipinski definition) is 2. The van der Waals surface area contributed by atoms with E-state index < -0.39 is 11.4 Å². The van der Waals surface area contributed by atoms with E-state index in [0.717, 1.165) is 5.56 Å². The van der Waals surface area contributed by atoms with Crippen LogP contribution in [0.25, 0.3) is 0 Å². The van der Waals surface area contributed by atoms with Crippen LogP contribution in [0.1, 0.15) is 36.2 Å². The largest absolute Gasteiger partial charge is 0.481 e. The predicted molar refractivity (Wildman–Crippen MR) is 74.6 cm³/mol. The number of halogens is 1. The molecular weight excluding hydrogens is 266 g/mol. The van der Waals surface area contributed by atoms with E-state index in [0.29, 0.717) is 23.6 Å². The van der Waals surface area contributed by atoms with Crippen molar-refractivity contribution < 1.29 is 14.7 Å². The van der Waals surface area contributed by atoms with Crippen molar-refractivity contribution in [3.05, 3.63) is 34.3 Å². The summed E-state index contributed by atoms with van der Waals surface area (Å²) in [6.45, 7) is 5.35. The smallest absolute Gasteiger partial charge is 0.309 e. The molecule has 0 aliphatic rings. The van der Waals surface area contributed by atoms with Gasteiger partial charge in [0.15, 0.2) is 0 Å². The first-order valence-electron chi connectivity index (χ1n) is 6.02. The molecule has 0 heterocycles. The average Bonchev–Trinajstić information content (AvgIpc) is 2.32. The molecule has 0 saturated heterocycles. The lowest BCUT2D eigenvalue weighted by atomic mass is 9.89. The van der Waals surface area contributed by atoms with E-state index in [-0.39, 0.29) is 5.91 Å². The number of rotatable bonds is 5. The molecular formula is C14H18ClNO3. The van der Waals surface area contributed by atoms with Crippen LogP contribution in [0.15, 0.2) is 18.2 Å². The summed E-state index contributed by atoms with van der Waals surface area (Å²) in [5, 5.41) is 12.2. The molecule has 0 bridgehead atoms. The quantitative estimate of drug-likeness (QED) is 0.873. The maximum Gasteiger partial charge on any atom is 0.309 e. The highest BCUT2D eigenvalue weighted by atomic mass is 35.5. The van der Waals surface area contributed by atoms with E-state index >= 15 is 0 Å². The Kier molecular flexibility index (Phi) is 4.95. The lowest BCUT2D eigenvalue weighted by Gasteiger charge is -2.19. The van der Waals surface area contributed by atoms with Crippen LogP contribution in [0, 0.1) is 12.3 Å². The Hall–Kier alpha value is -1.55. The third kappa shape index (κ3) is 3.96. The van der Waals surface area contributed by atoms with Crippen LogP contribution >= 0.6 is 11.6 Å². The minimum Gasteiger partial charge on any atom is -0.481 e. The second kappa shape index (κ2) is 6.06. The lowest BCUT2D eigenvalue weighted by molar-refractivity contribution is -0.147. The van der Waals surface area contributed by atoms with Crippen molar-refractivity contribution in [2.75, 3.05) is 6.54 Å². The second-order valence-electron chi connectivity index (χ2n) is 5.11. The van der Waals surface area contributed by atoms with Gasteiger partial charge in [0.1, 0.15) is 0 Å². The van der Waals surface area contributed by atoms with Crippen molar-refractivity contribution in [2.45, 2.75) is 27.2 Å². The summed E-state index contributed by atoms with van der Waals surface area (Å²) >= 11 is 5.95. The monoisotopic (exact) mass is 283 g/mol. The van der Waals surface area contributed by atoms with Crippen LogP contribution in [0.5, 0.6) is 0 Å². The number of carbonyl (C=O) groups is 2. The van der Waals surface area contributed by atoms with Gasteiger partial charge in [-0.3, -0.25) is 9.59 Å². The highest BCUT2D eigenvalue weighted by Gasteiger charge is 2.26. The number of hydrogen-bond acceptors (Lipinski definition) is 2. The van der Waals surface area contributed by atoms with Crippen molar-refractivity contribution in [1.29, 1.82) is 0 Å². The summed E-state index contributed by atoms with van der Waals surface area (Å²) in [6, 6.07) is 5.13. The molecule has 1 aromatic carbocycles. The van der Waals surface area contributed by atoms with E-state index in [2.05, 4.69) is 5.32 Å². The van der Waals surface area contributed by atoms with Crippen LogP contribution in [-0.2, 0) is 4.79 Å². The number of benzene rings is 1. The van der Waals surface area contributed by atoms with Gasteiger partial charge in [-0.05, 0) is 44.9 Å². The summed E-state index contributed by atoms with van der Waals surface area (Å²) in [5.41, 5.74) is 0.385. The molecule has 104 valence electrons. The summed E-state index contributed by atoms with van der Waals surface area (Å²) in [4.78, 5) is 22.9. The third-order valence-electron chi connectivity index (χ3n) is 3.13. The highest BCUT2D eigenvalue weighted by molar-refractivity contribution is 6.31. The topological polar surface area (TPSA) is 66.4 Å². The maximum atomic E-state index is 12.0. The molecule has 0 radical (unpaired) electrons. The molecule has 5 heteroatoms. The van der Waals surface area contributed by atoms with Gasteiger partial charge in [0, 0.05) is 17.1 Å². The van der Waals surface area contributed by atoms with E-state index in [1.807, 2.05) is 0 Å². The highest BCUT2D eigenvalue weighted by Crippen LogP contribution is 2.20. The molecule has 0 aliphatic carbocycles. The van der Waals surface area contributed by atoms with Crippen molar-refractivity contribution >= 4 is 23.5 Å². The van der Waals surface area contributed by atoms with E-state index in [1.165, 1.54) is 0 Å². The van der Waals surface area contributed by atoms with Crippen LogP contribution in [0.3, 0.4) is 0 Å². The Morgan fingerprint density at radius 2 is 2.00 bits per heavy atom. The van der Waals surface area contributed by atoms with E-state index in [4.69, 9.17) is 16.7 Å². The molecule has 1 aromatic rings. The fraction of sp³-hybridized carbons (Fsp3) is 0.429. The third-order valence-corrected chi connectivity index (χ3v) is 3.54. The number of carboxylic acid groups (broad SMARTS) is 1. The Morgan fingerprint density at radius 1 is 1.37 bits per heavy atom. The minimum absolute atomic E-state index is 0.235. The molecule has 0 spiro atoms. The average molecular weight is 284 g/mol. The zero-order valence-corrected chi connectivity index (χ0v) is 12.0. The Labute approximate surface area is 117 Å². The molecule has 2 N–H and O–H groups in total. The summed E-state index contributed by atoms with van der Waals surface area (Å²) in [6.07, 6.45) is 0.369. The molecule has 19 heavy (non-hydrogen) atoms. The fourth-order valence-electron chi connectivity index (χ4n) is 1.54. The first-order chi connectivity index (χ1) is 8.75. The standard InChI is InChI=1S/C14H18ClNO3/c1-9-10(5-4-6-11(9)15)12(17)16-8-7-14(2,3)13(18)19/h4-6H,7-8H2,1-3H3,(H,16,17)(H,18,19). The lowest BCUT2D eigenvalue weighted by Crippen LogP contribution is -2.32. The summed E-state index contributed by atoms with van der Waals surface area (Å²) in [7, 11) is 0. The molecule has 0 aliphatic heterocycles. The van der Waals surface area contributed by atoms with Gasteiger partial charge in [-0.25, -0.2) is 0 Å². The Balaban J connectivity index is 2.62. The van der Waals surface area contributed by atoms with Gasteiger partial charge in [-0.1, -0.05) is 17.7 Å². The van der Waals surface area contributed by atoms with Crippen LogP contribution < -0.4 is 5.32 Å². The van der Waals surface area contributed by atoms with Crippen LogP contribution in [0.4, 0.5) is 0 Å². The van der Waals surface area contributed by atoms with Crippen molar-refractivity contribution in [2.24, 2.45) is 5.41 Å². The number of carbonyl (C=O) groups excluding carboxylic acids is 1. The fourth-order valence-corrected chi connectivity index (χ4v) is 1.72. The SMILES string of the molecule is Cc1c(Cl)cccc1C(=O)NCCC(C)(C)C(=O)O. The molecule has 4 nitrogen and oxygen atoms in total. The van der Waals surface area contributed by atoms with E-state index in [9.17, 15) is 9.59 Å². The summed E-state index contributed by atoms with van der Waals surface area (Å²) in [5.74, 6) is -1.11. The van der Waals surface area contributed by atoms with Crippen LogP contribution in [-0.4, -0.2) is 23.5 Å². The Bertz CT molecular complexity index is 497. The number of amides is 1. The predicted octanol–water partition coefficient (Wildman–Crippen LogP) is 2.88. The van der Waals surface area contributed by atoms with E-state index in [1.54, 1.807) is 39.0 Å². The van der Waals surface area contributed by atoms with Crippen molar-refractivity contribution in [3.8, 4) is 0 Å². The molecule has 0 fully saturated rings. The van der Waals surface area contributed by atoms with Crippen LogP contribution in [0.2, 0.25) is 5.02 Å². The number of carboxylic acids is 1. The molecule has 0 aromatic heterocycles. The van der Waals surface area contributed by atoms with Gasteiger partial charge < -0.3 is 10.4 Å². The maximum absolute atomic E-state index is 12.0. The normalized spacial score (nSPS) is 11.2. The van der Waals surface area contributed by atoms with Gasteiger partial charge in [0.25, 0.3) is 5.91 Å². The first-order valence-corrected chi connectivity index (χ1v) is 6.40. The molecule has 0 saturated carbocycles. The van der Waals surface area contributed by atoms with Gasteiger partial charge in [0.2, 0.25) is 0 Å². The second-order valence-corrected chi connectivity index (χ2v) is 5.51. The zero-order chi connectivity index (χ0) is 14.6.